The van der Waals surface area contributed by atoms with Crippen LogP contribution >= 0.6 is 25.3 Å². The summed E-state index contributed by atoms with van der Waals surface area (Å²) < 4.78 is 5.89. The van der Waals surface area contributed by atoms with Crippen LogP contribution in [0.4, 0.5) is 0 Å². The minimum Gasteiger partial charge on any atom is -0.355 e. The predicted molar refractivity (Wildman–Crippen MR) is 84.9 cm³/mol. The van der Waals surface area contributed by atoms with Crippen LogP contribution in [0.3, 0.4) is 0 Å². The average Bonchev–Trinajstić information content (AvgIpc) is 3.00. The molecule has 4 rings (SSSR count). The Balaban J connectivity index is 2.00. The number of fused-ring (bicyclic) bond motifs is 6. The van der Waals surface area contributed by atoms with Crippen molar-refractivity contribution < 1.29 is 4.74 Å². The lowest BCUT2D eigenvalue weighted by molar-refractivity contribution is 0.0853. The fourth-order valence-electron chi connectivity index (χ4n) is 3.00. The van der Waals surface area contributed by atoms with Crippen LogP contribution in [-0.2, 0) is 4.74 Å². The first kappa shape index (κ1) is 12.8. The highest BCUT2D eigenvalue weighted by molar-refractivity contribution is 7.88. The van der Waals surface area contributed by atoms with E-state index in [0.29, 0.717) is 11.1 Å². The van der Waals surface area contributed by atoms with Gasteiger partial charge in [-0.3, -0.25) is 0 Å². The zero-order chi connectivity index (χ0) is 14.7. The molecule has 2 aromatic carbocycles. The molecule has 21 heavy (non-hydrogen) atoms. The van der Waals surface area contributed by atoms with E-state index < -0.39 is 0 Å². The number of thiol groups is 2. The monoisotopic (exact) mass is 308 g/mol. The number of ether oxygens (including phenoxy) is 1. The van der Waals surface area contributed by atoms with Gasteiger partial charge in [0.05, 0.1) is 11.1 Å². The fourth-order valence-corrected chi connectivity index (χ4v) is 3.63. The quantitative estimate of drug-likeness (QED) is 0.728. The lowest BCUT2D eigenvalue weighted by Gasteiger charge is -2.15. The summed E-state index contributed by atoms with van der Waals surface area (Å²) in [5.74, 6) is 0. The van der Waals surface area contributed by atoms with E-state index in [4.69, 9.17) is 15.3 Å². The van der Waals surface area contributed by atoms with Crippen molar-refractivity contribution >= 4 is 36.0 Å². The molecule has 0 radical (unpaired) electrons. The highest BCUT2D eigenvalue weighted by atomic mass is 32.1. The van der Waals surface area contributed by atoms with E-state index in [-0.39, 0.29) is 12.2 Å². The van der Waals surface area contributed by atoms with Crippen molar-refractivity contribution in [1.82, 2.24) is 0 Å². The van der Waals surface area contributed by atoms with Crippen molar-refractivity contribution in [3.63, 3.8) is 0 Å². The van der Waals surface area contributed by atoms with Crippen molar-refractivity contribution in [1.29, 1.82) is 10.5 Å². The first-order valence-corrected chi connectivity index (χ1v) is 7.22. The molecule has 0 N–H and O–H groups in total. The Bertz CT molecular complexity index is 859. The average molecular weight is 308 g/mol. The molecule has 0 aromatic heterocycles. The van der Waals surface area contributed by atoms with Crippen LogP contribution < -0.4 is 0 Å². The second-order valence-corrected chi connectivity index (χ2v) is 6.08. The Morgan fingerprint density at radius 1 is 0.810 bits per heavy atom. The summed E-state index contributed by atoms with van der Waals surface area (Å²) in [5.41, 5.74) is 2.93. The van der Waals surface area contributed by atoms with Crippen molar-refractivity contribution in [3.8, 4) is 12.1 Å². The largest absolute Gasteiger partial charge is 0.355 e. The molecule has 2 aliphatic rings. The number of rotatable bonds is 0. The molecule has 0 spiro atoms. The molecule has 3 nitrogen and oxygen atoms in total. The standard InChI is InChI=1S/C16H8N2OS2/c17-5-9-1-7-3-11-12(4-8(7)2-10(9)6-18)14-16(21)15(20)13(11)19-14/h1-4,13-14,20-21H. The third-order valence-corrected chi connectivity index (χ3v) is 5.14. The summed E-state index contributed by atoms with van der Waals surface area (Å²) >= 11 is 8.93. The zero-order valence-corrected chi connectivity index (χ0v) is 12.5. The van der Waals surface area contributed by atoms with E-state index in [1.807, 2.05) is 12.1 Å². The van der Waals surface area contributed by atoms with Gasteiger partial charge in [-0.25, -0.2) is 0 Å². The molecule has 0 fully saturated rings. The first-order valence-electron chi connectivity index (χ1n) is 6.33. The maximum atomic E-state index is 9.13. The number of nitriles is 2. The van der Waals surface area contributed by atoms with Crippen molar-refractivity contribution in [2.75, 3.05) is 0 Å². The molecule has 0 saturated heterocycles. The predicted octanol–water partition coefficient (Wildman–Crippen LogP) is 3.78. The summed E-state index contributed by atoms with van der Waals surface area (Å²) in [6.07, 6.45) is -0.321. The van der Waals surface area contributed by atoms with Crippen molar-refractivity contribution in [2.24, 2.45) is 0 Å². The van der Waals surface area contributed by atoms with Gasteiger partial charge in [0.2, 0.25) is 0 Å². The summed E-state index contributed by atoms with van der Waals surface area (Å²) in [6.45, 7) is 0. The van der Waals surface area contributed by atoms with Gasteiger partial charge >= 0.3 is 0 Å². The Kier molecular flexibility index (Phi) is 2.61. The van der Waals surface area contributed by atoms with Gasteiger partial charge in [-0.05, 0) is 46.2 Å². The van der Waals surface area contributed by atoms with Gasteiger partial charge in [0.1, 0.15) is 24.3 Å². The van der Waals surface area contributed by atoms with Gasteiger partial charge in [0.15, 0.2) is 0 Å². The molecule has 2 atom stereocenters. The number of hydrogen-bond acceptors (Lipinski definition) is 5. The number of nitrogens with zero attached hydrogens (tertiary/aromatic N) is 2. The normalized spacial score (nSPS) is 22.3. The van der Waals surface area contributed by atoms with Crippen LogP contribution in [0.5, 0.6) is 0 Å². The van der Waals surface area contributed by atoms with Gasteiger partial charge in [-0.2, -0.15) is 10.5 Å². The van der Waals surface area contributed by atoms with E-state index in [1.165, 1.54) is 0 Å². The van der Waals surface area contributed by atoms with E-state index in [9.17, 15) is 0 Å². The molecular weight excluding hydrogens is 300 g/mol. The molecule has 2 bridgehead atoms. The number of benzene rings is 2. The number of hydrogen-bond donors (Lipinski definition) is 2. The van der Waals surface area contributed by atoms with Crippen LogP contribution in [0.1, 0.15) is 34.5 Å². The highest BCUT2D eigenvalue weighted by Gasteiger charge is 2.42. The van der Waals surface area contributed by atoms with Crippen LogP contribution in [0.15, 0.2) is 34.1 Å². The molecule has 0 aliphatic carbocycles. The first-order chi connectivity index (χ1) is 10.1. The summed E-state index contributed by atoms with van der Waals surface area (Å²) in [4.78, 5) is 1.70. The van der Waals surface area contributed by atoms with Crippen molar-refractivity contribution in [2.45, 2.75) is 12.2 Å². The molecule has 0 amide bonds. The lowest BCUT2D eigenvalue weighted by Crippen LogP contribution is -1.99. The smallest absolute Gasteiger partial charge is 0.116 e. The van der Waals surface area contributed by atoms with Crippen LogP contribution in [0.2, 0.25) is 0 Å². The lowest BCUT2D eigenvalue weighted by atomic mass is 9.91. The Labute approximate surface area is 132 Å². The van der Waals surface area contributed by atoms with E-state index in [2.05, 4.69) is 37.4 Å². The maximum Gasteiger partial charge on any atom is 0.116 e. The van der Waals surface area contributed by atoms with Gasteiger partial charge < -0.3 is 4.74 Å². The Morgan fingerprint density at radius 2 is 1.24 bits per heavy atom. The summed E-state index contributed by atoms with van der Waals surface area (Å²) in [7, 11) is 0. The SMILES string of the molecule is N#Cc1cc2cc3c(cc2cc1C#N)C1OC3C(S)=C1S. The third-order valence-electron chi connectivity index (χ3n) is 4.02. The van der Waals surface area contributed by atoms with Crippen LogP contribution in [0, 0.1) is 22.7 Å². The second-order valence-electron chi connectivity index (χ2n) is 5.12. The van der Waals surface area contributed by atoms with Crippen molar-refractivity contribution in [3.05, 3.63) is 56.3 Å². The molecule has 2 aliphatic heterocycles. The second kappa shape index (κ2) is 4.29. The van der Waals surface area contributed by atoms with E-state index >= 15 is 0 Å². The molecule has 2 aromatic rings. The van der Waals surface area contributed by atoms with E-state index in [0.717, 1.165) is 31.7 Å². The zero-order valence-electron chi connectivity index (χ0n) is 10.7. The third kappa shape index (κ3) is 1.60. The topological polar surface area (TPSA) is 56.8 Å². The Morgan fingerprint density at radius 3 is 1.62 bits per heavy atom. The summed E-state index contributed by atoms with van der Waals surface area (Å²) in [6, 6.07) is 11.7. The maximum absolute atomic E-state index is 9.13. The van der Waals surface area contributed by atoms with Crippen LogP contribution in [-0.4, -0.2) is 0 Å². The molecule has 2 unspecified atom stereocenters. The minimum absolute atomic E-state index is 0.161. The van der Waals surface area contributed by atoms with Gasteiger partial charge in [0, 0.05) is 9.81 Å². The minimum atomic E-state index is -0.161. The molecule has 5 heteroatoms. The van der Waals surface area contributed by atoms with Gasteiger partial charge in [-0.15, -0.1) is 25.3 Å². The highest BCUT2D eigenvalue weighted by Crippen LogP contribution is 2.56. The Hall–Kier alpha value is -1.92. The van der Waals surface area contributed by atoms with E-state index in [1.54, 1.807) is 12.1 Å². The molecule has 2 heterocycles. The molecular formula is C16H8N2OS2. The molecule has 0 saturated carbocycles. The summed E-state index contributed by atoms with van der Waals surface area (Å²) in [5, 5.41) is 20.1. The van der Waals surface area contributed by atoms with Gasteiger partial charge in [0.25, 0.3) is 0 Å². The molecule has 100 valence electrons. The van der Waals surface area contributed by atoms with Gasteiger partial charge in [-0.1, -0.05) is 0 Å². The van der Waals surface area contributed by atoms with Crippen LogP contribution in [0.25, 0.3) is 10.8 Å². The fraction of sp³-hybridized carbons (Fsp3) is 0.125.